The molecule has 0 N–H and O–H groups in total. The van der Waals surface area contributed by atoms with Crippen LogP contribution in [0.15, 0.2) is 16.6 Å². The summed E-state index contributed by atoms with van der Waals surface area (Å²) in [5.41, 5.74) is 0.00312. The molecule has 0 saturated heterocycles. The second kappa shape index (κ2) is 4.62. The maximum atomic E-state index is 13.5. The van der Waals surface area contributed by atoms with Crippen LogP contribution in [0.25, 0.3) is 0 Å². The monoisotopic (exact) mass is 288 g/mol. The highest BCUT2D eigenvalue weighted by atomic mass is 79.9. The second-order valence-electron chi connectivity index (χ2n) is 4.06. The van der Waals surface area contributed by atoms with Gasteiger partial charge in [0.15, 0.2) is 0 Å². The Kier molecular flexibility index (Phi) is 3.38. The first-order valence-electron chi connectivity index (χ1n) is 5.24. The van der Waals surface area contributed by atoms with Crippen LogP contribution in [0.2, 0.25) is 0 Å². The molecule has 1 aromatic rings. The van der Waals surface area contributed by atoms with Gasteiger partial charge >= 0.3 is 0 Å². The van der Waals surface area contributed by atoms with Crippen LogP contribution in [0.5, 0.6) is 0 Å². The molecule has 1 fully saturated rings. The predicted molar refractivity (Wildman–Crippen MR) is 60.1 cm³/mol. The minimum absolute atomic E-state index is 0.00312. The third-order valence-electron chi connectivity index (χ3n) is 2.79. The Morgan fingerprint density at radius 1 is 1.38 bits per heavy atom. The van der Waals surface area contributed by atoms with E-state index in [2.05, 4.69) is 15.9 Å². The van der Waals surface area contributed by atoms with E-state index in [1.54, 1.807) is 0 Å². The largest absolute Gasteiger partial charge is 0.299 e. The third-order valence-corrected chi connectivity index (χ3v) is 3.41. The van der Waals surface area contributed by atoms with E-state index in [0.717, 1.165) is 12.8 Å². The SMILES string of the molecule is O=C(CCc1c(F)ccc(Br)c1F)C1CC1. The molecule has 0 aliphatic heterocycles. The number of ketones is 1. The molecule has 16 heavy (non-hydrogen) atoms. The van der Waals surface area contributed by atoms with E-state index in [-0.39, 0.29) is 34.6 Å². The van der Waals surface area contributed by atoms with Gasteiger partial charge in [-0.25, -0.2) is 8.78 Å². The summed E-state index contributed by atoms with van der Waals surface area (Å²) in [7, 11) is 0. The first-order valence-corrected chi connectivity index (χ1v) is 6.04. The lowest BCUT2D eigenvalue weighted by Gasteiger charge is -2.05. The minimum atomic E-state index is -0.594. The van der Waals surface area contributed by atoms with E-state index < -0.39 is 11.6 Å². The zero-order valence-electron chi connectivity index (χ0n) is 8.60. The molecule has 1 aliphatic rings. The molecule has 1 aliphatic carbocycles. The number of hydrogen-bond donors (Lipinski definition) is 0. The van der Waals surface area contributed by atoms with Gasteiger partial charge in [0.25, 0.3) is 0 Å². The van der Waals surface area contributed by atoms with E-state index in [9.17, 15) is 13.6 Å². The van der Waals surface area contributed by atoms with Crippen molar-refractivity contribution in [3.05, 3.63) is 33.8 Å². The Hall–Kier alpha value is -0.770. The van der Waals surface area contributed by atoms with Crippen LogP contribution in [-0.2, 0) is 11.2 Å². The van der Waals surface area contributed by atoms with Crippen LogP contribution in [-0.4, -0.2) is 5.78 Å². The Bertz CT molecular complexity index is 427. The van der Waals surface area contributed by atoms with E-state index in [1.807, 2.05) is 0 Å². The van der Waals surface area contributed by atoms with Gasteiger partial charge in [-0.15, -0.1) is 0 Å². The van der Waals surface area contributed by atoms with Crippen molar-refractivity contribution in [2.75, 3.05) is 0 Å². The van der Waals surface area contributed by atoms with Crippen molar-refractivity contribution < 1.29 is 13.6 Å². The van der Waals surface area contributed by atoms with Crippen LogP contribution in [0.3, 0.4) is 0 Å². The van der Waals surface area contributed by atoms with E-state index in [0.29, 0.717) is 0 Å². The molecule has 0 amide bonds. The zero-order chi connectivity index (χ0) is 11.7. The van der Waals surface area contributed by atoms with Gasteiger partial charge in [0.05, 0.1) is 4.47 Å². The number of rotatable bonds is 4. The van der Waals surface area contributed by atoms with Gasteiger partial charge in [0, 0.05) is 17.9 Å². The molecular weight excluding hydrogens is 278 g/mol. The summed E-state index contributed by atoms with van der Waals surface area (Å²) in [6, 6.07) is 2.54. The van der Waals surface area contributed by atoms with E-state index >= 15 is 0 Å². The fourth-order valence-corrected chi connectivity index (χ4v) is 2.03. The number of carbonyl (C=O) groups excluding carboxylic acids is 1. The van der Waals surface area contributed by atoms with Crippen molar-refractivity contribution in [3.63, 3.8) is 0 Å². The topological polar surface area (TPSA) is 17.1 Å². The molecule has 86 valence electrons. The number of benzene rings is 1. The summed E-state index contributed by atoms with van der Waals surface area (Å²) >= 11 is 3.00. The molecule has 4 heteroatoms. The molecule has 0 radical (unpaired) electrons. The summed E-state index contributed by atoms with van der Waals surface area (Å²) in [5.74, 6) is -0.898. The normalized spacial score (nSPS) is 15.2. The number of carbonyl (C=O) groups is 1. The van der Waals surface area contributed by atoms with Crippen LogP contribution in [0.4, 0.5) is 8.78 Å². The summed E-state index contributed by atoms with van der Waals surface area (Å²) in [6.45, 7) is 0. The van der Waals surface area contributed by atoms with Crippen molar-refractivity contribution in [1.29, 1.82) is 0 Å². The molecule has 1 aromatic carbocycles. The molecule has 0 heterocycles. The molecule has 0 spiro atoms. The first-order chi connectivity index (χ1) is 7.59. The average molecular weight is 289 g/mol. The number of hydrogen-bond acceptors (Lipinski definition) is 1. The van der Waals surface area contributed by atoms with Crippen LogP contribution in [0, 0.1) is 17.6 Å². The first kappa shape index (κ1) is 11.7. The summed E-state index contributed by atoms with van der Waals surface area (Å²) < 4.78 is 27.1. The lowest BCUT2D eigenvalue weighted by Crippen LogP contribution is -2.05. The molecule has 1 nitrogen and oxygen atoms in total. The fraction of sp³-hybridized carbons (Fsp3) is 0.417. The van der Waals surface area contributed by atoms with Gasteiger partial charge < -0.3 is 0 Å². The predicted octanol–water partition coefficient (Wildman–Crippen LogP) is 3.64. The van der Waals surface area contributed by atoms with Gasteiger partial charge in [-0.3, -0.25) is 4.79 Å². The molecule has 0 unspecified atom stereocenters. The van der Waals surface area contributed by atoms with Crippen molar-refractivity contribution in [3.8, 4) is 0 Å². The van der Waals surface area contributed by atoms with Gasteiger partial charge in [-0.1, -0.05) is 0 Å². The number of halogens is 3. The van der Waals surface area contributed by atoms with Crippen LogP contribution >= 0.6 is 15.9 Å². The Labute approximate surface area is 101 Å². The quantitative estimate of drug-likeness (QED) is 0.773. The van der Waals surface area contributed by atoms with Crippen LogP contribution in [0.1, 0.15) is 24.8 Å². The zero-order valence-corrected chi connectivity index (χ0v) is 10.2. The van der Waals surface area contributed by atoms with Gasteiger partial charge in [0.1, 0.15) is 17.4 Å². The van der Waals surface area contributed by atoms with Crippen molar-refractivity contribution >= 4 is 21.7 Å². The van der Waals surface area contributed by atoms with Crippen molar-refractivity contribution in [1.82, 2.24) is 0 Å². The van der Waals surface area contributed by atoms with Crippen molar-refractivity contribution in [2.24, 2.45) is 5.92 Å². The standard InChI is InChI=1S/C12H11BrF2O/c13-9-4-5-10(14)8(12(9)15)3-6-11(16)7-1-2-7/h4-5,7H,1-3,6H2. The fourth-order valence-electron chi connectivity index (χ4n) is 1.66. The highest BCUT2D eigenvalue weighted by Crippen LogP contribution is 2.32. The van der Waals surface area contributed by atoms with E-state index in [4.69, 9.17) is 0 Å². The lowest BCUT2D eigenvalue weighted by molar-refractivity contribution is -0.120. The summed E-state index contributed by atoms with van der Waals surface area (Å²) in [4.78, 5) is 11.4. The van der Waals surface area contributed by atoms with Crippen LogP contribution < -0.4 is 0 Å². The highest BCUT2D eigenvalue weighted by Gasteiger charge is 2.29. The summed E-state index contributed by atoms with van der Waals surface area (Å²) in [5, 5.41) is 0. The third kappa shape index (κ3) is 2.48. The molecule has 2 rings (SSSR count). The van der Waals surface area contributed by atoms with Gasteiger partial charge in [-0.05, 0) is 47.3 Å². The maximum absolute atomic E-state index is 13.5. The lowest BCUT2D eigenvalue weighted by atomic mass is 10.0. The van der Waals surface area contributed by atoms with Crippen molar-refractivity contribution in [2.45, 2.75) is 25.7 Å². The number of Topliss-reactive ketones (excluding diaryl/α,β-unsaturated/α-hetero) is 1. The smallest absolute Gasteiger partial charge is 0.143 e. The molecule has 0 atom stereocenters. The summed E-state index contributed by atoms with van der Waals surface area (Å²) in [6.07, 6.45) is 2.24. The minimum Gasteiger partial charge on any atom is -0.299 e. The molecule has 0 aromatic heterocycles. The molecule has 1 saturated carbocycles. The molecule has 0 bridgehead atoms. The Balaban J connectivity index is 2.08. The maximum Gasteiger partial charge on any atom is 0.143 e. The highest BCUT2D eigenvalue weighted by molar-refractivity contribution is 9.10. The van der Waals surface area contributed by atoms with Gasteiger partial charge in [-0.2, -0.15) is 0 Å². The van der Waals surface area contributed by atoms with E-state index in [1.165, 1.54) is 12.1 Å². The second-order valence-corrected chi connectivity index (χ2v) is 4.92. The van der Waals surface area contributed by atoms with Gasteiger partial charge in [0.2, 0.25) is 0 Å². The molecular formula is C12H11BrF2O. The Morgan fingerprint density at radius 3 is 2.69 bits per heavy atom. The Morgan fingerprint density at radius 2 is 2.06 bits per heavy atom. The average Bonchev–Trinajstić information content (AvgIpc) is 3.07.